The van der Waals surface area contributed by atoms with Crippen LogP contribution in [0.15, 0.2) is 42.5 Å². The first kappa shape index (κ1) is 23.0. The zero-order chi connectivity index (χ0) is 23.5. The van der Waals surface area contributed by atoms with Gasteiger partial charge in [0, 0.05) is 62.3 Å². The van der Waals surface area contributed by atoms with Crippen LogP contribution in [0.1, 0.15) is 35.7 Å². The number of carbonyl (C=O) groups excluding carboxylic acids is 2. The third-order valence-electron chi connectivity index (χ3n) is 6.54. The molecule has 174 valence electrons. The molecule has 0 aromatic heterocycles. The van der Waals surface area contributed by atoms with E-state index in [1.165, 1.54) is 13.0 Å². The number of amides is 2. The Balaban J connectivity index is 1.53. The molecule has 2 aliphatic heterocycles. The van der Waals surface area contributed by atoms with Gasteiger partial charge in [0.1, 0.15) is 5.69 Å². The number of benzene rings is 2. The van der Waals surface area contributed by atoms with E-state index in [0.717, 1.165) is 18.4 Å². The topological polar surface area (TPSA) is 87.0 Å². The molecule has 9 heteroatoms. The summed E-state index contributed by atoms with van der Waals surface area (Å²) in [6.07, 6.45) is 2.42. The molecule has 2 amide bonds. The van der Waals surface area contributed by atoms with E-state index in [2.05, 4.69) is 0 Å². The molecule has 0 N–H and O–H groups in total. The van der Waals surface area contributed by atoms with Gasteiger partial charge in [-0.2, -0.15) is 0 Å². The summed E-state index contributed by atoms with van der Waals surface area (Å²) in [5, 5.41) is 12.5. The van der Waals surface area contributed by atoms with Crippen molar-refractivity contribution in [3.63, 3.8) is 0 Å². The second kappa shape index (κ2) is 9.79. The molecule has 2 aliphatic rings. The van der Waals surface area contributed by atoms with Crippen molar-refractivity contribution in [1.82, 2.24) is 9.80 Å². The summed E-state index contributed by atoms with van der Waals surface area (Å²) in [6.45, 7) is 4.21. The van der Waals surface area contributed by atoms with Gasteiger partial charge in [-0.3, -0.25) is 19.7 Å². The Bertz CT molecular complexity index is 1070. The molecule has 2 aromatic rings. The van der Waals surface area contributed by atoms with Gasteiger partial charge < -0.3 is 14.7 Å². The highest BCUT2D eigenvalue weighted by atomic mass is 35.5. The number of carbonyl (C=O) groups is 2. The highest BCUT2D eigenvalue weighted by Gasteiger charge is 2.32. The van der Waals surface area contributed by atoms with Gasteiger partial charge in [-0.25, -0.2) is 0 Å². The first-order chi connectivity index (χ1) is 15.8. The Morgan fingerprint density at radius 3 is 2.48 bits per heavy atom. The number of piperazine rings is 1. The second-order valence-corrected chi connectivity index (χ2v) is 8.95. The van der Waals surface area contributed by atoms with E-state index in [4.69, 9.17) is 11.6 Å². The van der Waals surface area contributed by atoms with Gasteiger partial charge in [0.15, 0.2) is 0 Å². The Hall–Kier alpha value is -3.13. The fourth-order valence-corrected chi connectivity index (χ4v) is 4.94. The molecule has 2 saturated heterocycles. The maximum atomic E-state index is 13.3. The molecule has 8 nitrogen and oxygen atoms in total. The number of hydrogen-bond acceptors (Lipinski definition) is 5. The SMILES string of the molecule is CC(=O)N1CCN(c2ccc(C(=O)N3CCCC3Cc3ccccc3Cl)cc2[N+](=O)[O-])CC1. The van der Waals surface area contributed by atoms with Crippen molar-refractivity contribution in [2.24, 2.45) is 0 Å². The molecule has 4 rings (SSSR count). The quantitative estimate of drug-likeness (QED) is 0.490. The Morgan fingerprint density at radius 2 is 1.82 bits per heavy atom. The summed E-state index contributed by atoms with van der Waals surface area (Å²) in [5.74, 6) is -0.192. The highest BCUT2D eigenvalue weighted by molar-refractivity contribution is 6.31. The van der Waals surface area contributed by atoms with Crippen LogP contribution in [-0.2, 0) is 11.2 Å². The second-order valence-electron chi connectivity index (χ2n) is 8.54. The van der Waals surface area contributed by atoms with Crippen LogP contribution in [0.4, 0.5) is 11.4 Å². The molecule has 0 aliphatic carbocycles. The molecule has 1 unspecified atom stereocenters. The number of anilines is 1. The van der Waals surface area contributed by atoms with E-state index in [-0.39, 0.29) is 23.5 Å². The number of rotatable bonds is 5. The molecule has 33 heavy (non-hydrogen) atoms. The van der Waals surface area contributed by atoms with Crippen molar-refractivity contribution in [2.45, 2.75) is 32.2 Å². The number of nitro benzene ring substituents is 1. The molecular weight excluding hydrogens is 444 g/mol. The van der Waals surface area contributed by atoms with E-state index in [0.29, 0.717) is 55.4 Å². The van der Waals surface area contributed by atoms with Crippen molar-refractivity contribution < 1.29 is 14.5 Å². The standard InChI is InChI=1S/C24H27ClN4O4/c1-17(30)26-11-13-27(14-12-26)22-9-8-19(16-23(22)29(32)33)24(31)28-10-4-6-20(28)15-18-5-2-3-7-21(18)25/h2-3,5,7-9,16,20H,4,6,10-15H2,1H3. The van der Waals surface area contributed by atoms with Crippen LogP contribution < -0.4 is 4.90 Å². The van der Waals surface area contributed by atoms with Crippen molar-refractivity contribution in [3.8, 4) is 0 Å². The van der Waals surface area contributed by atoms with Crippen molar-refractivity contribution in [2.75, 3.05) is 37.6 Å². The van der Waals surface area contributed by atoms with Crippen molar-refractivity contribution >= 4 is 34.8 Å². The molecule has 0 radical (unpaired) electrons. The van der Waals surface area contributed by atoms with Gasteiger partial charge in [-0.05, 0) is 43.0 Å². The van der Waals surface area contributed by atoms with E-state index >= 15 is 0 Å². The molecule has 2 heterocycles. The molecule has 2 fully saturated rings. The predicted octanol–water partition coefficient (Wildman–Crippen LogP) is 3.76. The van der Waals surface area contributed by atoms with E-state index in [1.54, 1.807) is 17.0 Å². The lowest BCUT2D eigenvalue weighted by atomic mass is 10.0. The summed E-state index contributed by atoms with van der Waals surface area (Å²) >= 11 is 6.32. The maximum absolute atomic E-state index is 13.3. The van der Waals surface area contributed by atoms with Gasteiger partial charge in [0.25, 0.3) is 11.6 Å². The fourth-order valence-electron chi connectivity index (χ4n) is 4.73. The minimum absolute atomic E-state index is 0.00190. The zero-order valence-electron chi connectivity index (χ0n) is 18.6. The summed E-state index contributed by atoms with van der Waals surface area (Å²) < 4.78 is 0. The minimum atomic E-state index is -0.436. The zero-order valence-corrected chi connectivity index (χ0v) is 19.3. The van der Waals surface area contributed by atoms with Crippen LogP contribution in [-0.4, -0.2) is 65.3 Å². The van der Waals surface area contributed by atoms with Crippen LogP contribution in [0.2, 0.25) is 5.02 Å². The summed E-state index contributed by atoms with van der Waals surface area (Å²) in [6, 6.07) is 12.4. The normalized spacial score (nSPS) is 18.5. The minimum Gasteiger partial charge on any atom is -0.362 e. The van der Waals surface area contributed by atoms with Gasteiger partial charge in [-0.15, -0.1) is 0 Å². The predicted molar refractivity (Wildman–Crippen MR) is 127 cm³/mol. The number of nitrogens with zero attached hydrogens (tertiary/aromatic N) is 4. The number of hydrogen-bond donors (Lipinski definition) is 0. The Kier molecular flexibility index (Phi) is 6.83. The highest BCUT2D eigenvalue weighted by Crippen LogP contribution is 2.32. The molecule has 2 aromatic carbocycles. The molecule has 0 saturated carbocycles. The van der Waals surface area contributed by atoms with Crippen LogP contribution in [0.5, 0.6) is 0 Å². The van der Waals surface area contributed by atoms with Crippen molar-refractivity contribution in [1.29, 1.82) is 0 Å². The third-order valence-corrected chi connectivity index (χ3v) is 6.90. The van der Waals surface area contributed by atoms with Crippen molar-refractivity contribution in [3.05, 3.63) is 68.7 Å². The number of likely N-dealkylation sites (tertiary alicyclic amines) is 1. The molecule has 0 spiro atoms. The van der Waals surface area contributed by atoms with Crippen LogP contribution in [0.25, 0.3) is 0 Å². The van der Waals surface area contributed by atoms with Gasteiger partial charge in [-0.1, -0.05) is 29.8 Å². The fraction of sp³-hybridized carbons (Fsp3) is 0.417. The Labute approximate surface area is 197 Å². The maximum Gasteiger partial charge on any atom is 0.293 e. The Morgan fingerprint density at radius 1 is 1.09 bits per heavy atom. The summed E-state index contributed by atoms with van der Waals surface area (Å²) in [4.78, 5) is 41.8. The summed E-state index contributed by atoms with van der Waals surface area (Å²) in [5.41, 5.74) is 1.71. The van der Waals surface area contributed by atoms with Crippen LogP contribution in [0.3, 0.4) is 0 Å². The van der Waals surface area contributed by atoms with E-state index < -0.39 is 4.92 Å². The monoisotopic (exact) mass is 470 g/mol. The summed E-state index contributed by atoms with van der Waals surface area (Å²) in [7, 11) is 0. The van der Waals surface area contributed by atoms with Gasteiger partial charge in [0.05, 0.1) is 4.92 Å². The lowest BCUT2D eigenvalue weighted by Crippen LogP contribution is -2.48. The molecular formula is C24H27ClN4O4. The van der Waals surface area contributed by atoms with Gasteiger partial charge >= 0.3 is 0 Å². The molecule has 1 atom stereocenters. The number of halogens is 1. The van der Waals surface area contributed by atoms with Crippen LogP contribution >= 0.6 is 11.6 Å². The average molecular weight is 471 g/mol. The first-order valence-corrected chi connectivity index (χ1v) is 11.6. The largest absolute Gasteiger partial charge is 0.362 e. The van der Waals surface area contributed by atoms with Gasteiger partial charge in [0.2, 0.25) is 5.91 Å². The van der Waals surface area contributed by atoms with Crippen LogP contribution in [0, 0.1) is 10.1 Å². The lowest BCUT2D eigenvalue weighted by molar-refractivity contribution is -0.384. The lowest BCUT2D eigenvalue weighted by Gasteiger charge is -2.35. The van der Waals surface area contributed by atoms with E-state index in [1.807, 2.05) is 34.1 Å². The molecule has 0 bridgehead atoms. The first-order valence-electron chi connectivity index (χ1n) is 11.2. The third kappa shape index (κ3) is 4.95. The van der Waals surface area contributed by atoms with E-state index in [9.17, 15) is 19.7 Å². The number of nitro groups is 1. The smallest absolute Gasteiger partial charge is 0.293 e. The average Bonchev–Trinajstić information content (AvgIpc) is 3.28.